The Kier molecular flexibility index (Phi) is 11.3. The van der Waals surface area contributed by atoms with Crippen LogP contribution in [-0.4, -0.2) is 118 Å². The zero-order valence-electron chi connectivity index (χ0n) is 33.6. The Labute approximate surface area is 345 Å². The second-order valence-electron chi connectivity index (χ2n) is 15.5. The molecule has 0 atom stereocenters. The lowest BCUT2D eigenvalue weighted by atomic mass is 9.95. The number of aryl methyl sites for hydroxylation is 1. The Balaban J connectivity index is 0.878. The lowest BCUT2D eigenvalue weighted by Crippen LogP contribution is -2.49. The molecule has 8 rings (SSSR count). The van der Waals surface area contributed by atoms with Gasteiger partial charge in [0.15, 0.2) is 24.0 Å². The number of hydrogen-bond donors (Lipinski definition) is 3. The molecule has 3 fully saturated rings. The highest BCUT2D eigenvalue weighted by molar-refractivity contribution is 6.33. The van der Waals surface area contributed by atoms with Crippen LogP contribution < -0.4 is 40.9 Å². The van der Waals surface area contributed by atoms with Crippen LogP contribution in [0.1, 0.15) is 39.2 Å². The SMILES string of the molecule is CNC(=O)COc1cc2cc(Nc3nc(N4CCN(CC5CCN(c6cccc7c(N8CCC(=O)NC8=O)nn(C)c67)CC5)CC4)ncc3Cl)cnc2n(C(C)C)c1=O. The molecular weight excluding hydrogens is 778 g/mol. The monoisotopic (exact) mass is 825 g/mol. The Morgan fingerprint density at radius 3 is 2.51 bits per heavy atom. The number of hydrogen-bond acceptors (Lipinski definition) is 13. The molecule has 19 heteroatoms. The number of aromatic nitrogens is 6. The first-order valence-electron chi connectivity index (χ1n) is 19.9. The van der Waals surface area contributed by atoms with Gasteiger partial charge >= 0.3 is 6.03 Å². The Morgan fingerprint density at radius 2 is 1.78 bits per heavy atom. The number of nitrogens with zero attached hydrogens (tertiary/aromatic N) is 10. The second-order valence-corrected chi connectivity index (χ2v) is 15.9. The highest BCUT2D eigenvalue weighted by Gasteiger charge is 2.31. The summed E-state index contributed by atoms with van der Waals surface area (Å²) in [7, 11) is 3.41. The van der Waals surface area contributed by atoms with Crippen molar-refractivity contribution in [3.8, 4) is 5.75 Å². The molecule has 0 saturated carbocycles. The number of ether oxygens (including phenoxy) is 1. The lowest BCUT2D eigenvalue weighted by Gasteiger charge is -2.39. The van der Waals surface area contributed by atoms with E-state index in [0.29, 0.717) is 51.8 Å². The van der Waals surface area contributed by atoms with Crippen LogP contribution in [0.3, 0.4) is 0 Å². The number of para-hydroxylation sites is 1. The molecule has 0 aliphatic carbocycles. The maximum absolute atomic E-state index is 13.2. The van der Waals surface area contributed by atoms with Gasteiger partial charge in [-0.05, 0) is 56.9 Å². The number of carbonyl (C=O) groups excluding carboxylic acids is 3. The average molecular weight is 826 g/mol. The molecule has 0 radical (unpaired) electrons. The summed E-state index contributed by atoms with van der Waals surface area (Å²) in [6.45, 7) is 10.00. The maximum atomic E-state index is 13.2. The first-order chi connectivity index (χ1) is 28.5. The number of amides is 4. The number of likely N-dealkylation sites (N-methyl/N-ethyl adjacent to an activating group) is 1. The van der Waals surface area contributed by atoms with Crippen LogP contribution in [0.25, 0.3) is 21.9 Å². The third kappa shape index (κ3) is 8.18. The fourth-order valence-corrected chi connectivity index (χ4v) is 8.31. The van der Waals surface area contributed by atoms with Crippen molar-refractivity contribution in [2.24, 2.45) is 13.0 Å². The average Bonchev–Trinajstić information content (AvgIpc) is 3.57. The summed E-state index contributed by atoms with van der Waals surface area (Å²) in [6, 6.07) is 8.93. The van der Waals surface area contributed by atoms with Crippen LogP contribution in [0.5, 0.6) is 5.75 Å². The number of carbonyl (C=O) groups is 3. The van der Waals surface area contributed by atoms with E-state index in [0.717, 1.165) is 75.2 Å². The van der Waals surface area contributed by atoms with E-state index in [-0.39, 0.29) is 42.2 Å². The van der Waals surface area contributed by atoms with Crippen LogP contribution in [0, 0.1) is 5.92 Å². The summed E-state index contributed by atoms with van der Waals surface area (Å²) in [5.74, 6) is 1.61. The largest absolute Gasteiger partial charge is 0.478 e. The topological polar surface area (TPSA) is 188 Å². The summed E-state index contributed by atoms with van der Waals surface area (Å²) in [6.07, 6.45) is 5.61. The Bertz CT molecular complexity index is 2470. The number of nitrogens with one attached hydrogen (secondary N) is 3. The van der Waals surface area contributed by atoms with Crippen molar-refractivity contribution in [3.63, 3.8) is 0 Å². The van der Waals surface area contributed by atoms with E-state index in [1.165, 1.54) is 7.05 Å². The number of benzene rings is 1. The third-order valence-corrected chi connectivity index (χ3v) is 11.5. The van der Waals surface area contributed by atoms with E-state index >= 15 is 0 Å². The van der Waals surface area contributed by atoms with E-state index in [1.807, 2.05) is 43.8 Å². The van der Waals surface area contributed by atoms with Crippen molar-refractivity contribution in [2.45, 2.75) is 39.2 Å². The van der Waals surface area contributed by atoms with Gasteiger partial charge in [0.05, 0.1) is 29.3 Å². The second kappa shape index (κ2) is 16.7. The van der Waals surface area contributed by atoms with Gasteiger partial charge in [-0.25, -0.2) is 14.8 Å². The fraction of sp³-hybridized carbons (Fsp3) is 0.450. The summed E-state index contributed by atoms with van der Waals surface area (Å²) < 4.78 is 8.98. The standard InChI is InChI=1S/C40H48ClN13O5/c1-24(2)54-36-26(19-31(38(54)57)59-23-33(56)42-3)18-27(20-43-36)45-35-29(41)21-44-39(47-35)52-16-14-50(15-17-52)22-25-8-11-51(12-9-25)30-7-5-6-28-34(30)49(4)48-37(28)53-13-10-32(55)46-40(53)58/h5-7,18-21,24-25H,8-17,22-23H2,1-4H3,(H,42,56)(H,44,45,47)(H,46,55,58). The van der Waals surface area contributed by atoms with Gasteiger partial charge < -0.3 is 25.2 Å². The smallest absolute Gasteiger partial charge is 0.329 e. The predicted molar refractivity (Wildman–Crippen MR) is 226 cm³/mol. The molecule has 18 nitrogen and oxygen atoms in total. The van der Waals surface area contributed by atoms with E-state index in [1.54, 1.807) is 27.9 Å². The highest BCUT2D eigenvalue weighted by atomic mass is 35.5. The van der Waals surface area contributed by atoms with Crippen molar-refractivity contribution >= 4 is 80.3 Å². The number of halogens is 1. The minimum atomic E-state index is -0.434. The minimum absolute atomic E-state index is 0.0569. The lowest BCUT2D eigenvalue weighted by molar-refractivity contribution is -0.122. The first-order valence-corrected chi connectivity index (χ1v) is 20.3. The number of rotatable bonds is 11. The summed E-state index contributed by atoms with van der Waals surface area (Å²) >= 11 is 6.59. The molecule has 1 aromatic carbocycles. The summed E-state index contributed by atoms with van der Waals surface area (Å²) in [5.41, 5.74) is 2.82. The molecule has 0 bridgehead atoms. The molecule has 5 aromatic rings. The number of imide groups is 1. The highest BCUT2D eigenvalue weighted by Crippen LogP contribution is 2.36. The Morgan fingerprint density at radius 1 is 1.00 bits per heavy atom. The maximum Gasteiger partial charge on any atom is 0.329 e. The number of anilines is 5. The molecule has 310 valence electrons. The zero-order valence-corrected chi connectivity index (χ0v) is 34.3. The van der Waals surface area contributed by atoms with Gasteiger partial charge in [0.1, 0.15) is 10.7 Å². The van der Waals surface area contributed by atoms with Crippen LogP contribution in [0.2, 0.25) is 5.02 Å². The molecule has 3 N–H and O–H groups in total. The number of piperazine rings is 1. The molecular formula is C40H48ClN13O5. The predicted octanol–water partition coefficient (Wildman–Crippen LogP) is 3.66. The number of fused-ring (bicyclic) bond motifs is 2. The molecule has 3 aliphatic rings. The van der Waals surface area contributed by atoms with Gasteiger partial charge in [-0.1, -0.05) is 17.7 Å². The normalized spacial score (nSPS) is 16.9. The van der Waals surface area contributed by atoms with Gasteiger partial charge in [-0.2, -0.15) is 10.1 Å². The Hall–Kier alpha value is -6.01. The number of urea groups is 1. The van der Waals surface area contributed by atoms with E-state index in [4.69, 9.17) is 26.4 Å². The minimum Gasteiger partial charge on any atom is -0.478 e. The first kappa shape index (κ1) is 39.8. The molecule has 7 heterocycles. The summed E-state index contributed by atoms with van der Waals surface area (Å²) in [4.78, 5) is 72.0. The van der Waals surface area contributed by atoms with E-state index < -0.39 is 6.03 Å². The van der Waals surface area contributed by atoms with Gasteiger partial charge in [-0.15, -0.1) is 0 Å². The molecule has 4 aromatic heterocycles. The van der Waals surface area contributed by atoms with Gasteiger partial charge in [0.2, 0.25) is 11.9 Å². The van der Waals surface area contributed by atoms with Gasteiger partial charge in [0, 0.05) is 89.7 Å². The van der Waals surface area contributed by atoms with Gasteiger partial charge in [0.25, 0.3) is 11.5 Å². The zero-order chi connectivity index (χ0) is 41.4. The molecule has 3 aliphatic heterocycles. The van der Waals surface area contributed by atoms with Crippen LogP contribution in [0.15, 0.2) is 47.5 Å². The van der Waals surface area contributed by atoms with Crippen molar-refractivity contribution < 1.29 is 19.1 Å². The van der Waals surface area contributed by atoms with Gasteiger partial charge in [-0.3, -0.25) is 38.7 Å². The van der Waals surface area contributed by atoms with Crippen molar-refractivity contribution in [1.29, 1.82) is 0 Å². The molecule has 59 heavy (non-hydrogen) atoms. The quantitative estimate of drug-likeness (QED) is 0.175. The molecule has 4 amide bonds. The van der Waals surface area contributed by atoms with Crippen LogP contribution in [-0.2, 0) is 16.6 Å². The number of pyridine rings is 2. The van der Waals surface area contributed by atoms with E-state index in [9.17, 15) is 19.2 Å². The van der Waals surface area contributed by atoms with Crippen molar-refractivity contribution in [3.05, 3.63) is 58.1 Å². The summed E-state index contributed by atoms with van der Waals surface area (Å²) in [5, 5.41) is 14.8. The van der Waals surface area contributed by atoms with Crippen molar-refractivity contribution in [1.82, 2.24) is 44.8 Å². The molecule has 0 spiro atoms. The number of piperidine rings is 1. The van der Waals surface area contributed by atoms with Crippen LogP contribution in [0.4, 0.5) is 33.8 Å². The van der Waals surface area contributed by atoms with Crippen LogP contribution >= 0.6 is 11.6 Å². The fourth-order valence-electron chi connectivity index (χ4n) is 8.17. The third-order valence-electron chi connectivity index (χ3n) is 11.2. The molecule has 0 unspecified atom stereocenters. The molecule has 3 saturated heterocycles. The van der Waals surface area contributed by atoms with Crippen molar-refractivity contribution in [2.75, 3.05) is 86.0 Å². The van der Waals surface area contributed by atoms with E-state index in [2.05, 4.69) is 46.7 Å².